The van der Waals surface area contributed by atoms with Crippen LogP contribution >= 0.6 is 23.1 Å². The topological polar surface area (TPSA) is 125 Å². The number of benzene rings is 1. The second-order valence-corrected chi connectivity index (χ2v) is 7.11. The molecule has 1 amide bonds. The molecule has 1 aromatic carbocycles. The summed E-state index contributed by atoms with van der Waals surface area (Å²) in [6.07, 6.45) is 0.770. The van der Waals surface area contributed by atoms with E-state index in [1.807, 2.05) is 6.92 Å². The second kappa shape index (κ2) is 8.68. The Labute approximate surface area is 162 Å². The SMILES string of the molecule is CCc1nnc(NC(=O)CSc2nnnn2-c2ccc(C(=O)OC)cc2)s1. The summed E-state index contributed by atoms with van der Waals surface area (Å²) in [7, 11) is 1.32. The minimum absolute atomic E-state index is 0.113. The quantitative estimate of drug-likeness (QED) is 0.461. The van der Waals surface area contributed by atoms with Crippen molar-refractivity contribution < 1.29 is 14.3 Å². The van der Waals surface area contributed by atoms with E-state index in [1.165, 1.54) is 34.9 Å². The summed E-state index contributed by atoms with van der Waals surface area (Å²) in [4.78, 5) is 23.6. The van der Waals surface area contributed by atoms with Crippen LogP contribution in [0.1, 0.15) is 22.3 Å². The van der Waals surface area contributed by atoms with Gasteiger partial charge >= 0.3 is 5.97 Å². The van der Waals surface area contributed by atoms with Crippen molar-refractivity contribution in [2.24, 2.45) is 0 Å². The molecule has 0 atom stereocenters. The molecule has 0 unspecified atom stereocenters. The number of nitrogens with one attached hydrogen (secondary N) is 1. The minimum Gasteiger partial charge on any atom is -0.465 e. The molecule has 0 spiro atoms. The number of anilines is 1. The molecule has 140 valence electrons. The Morgan fingerprint density at radius 1 is 1.22 bits per heavy atom. The molecule has 0 aliphatic carbocycles. The van der Waals surface area contributed by atoms with Gasteiger partial charge in [-0.1, -0.05) is 30.0 Å². The molecule has 0 saturated carbocycles. The summed E-state index contributed by atoms with van der Waals surface area (Å²) >= 11 is 2.53. The van der Waals surface area contributed by atoms with Crippen molar-refractivity contribution in [2.45, 2.75) is 18.5 Å². The minimum atomic E-state index is -0.424. The van der Waals surface area contributed by atoms with Gasteiger partial charge in [-0.2, -0.15) is 4.68 Å². The van der Waals surface area contributed by atoms with Gasteiger partial charge in [-0.05, 0) is 41.1 Å². The zero-order valence-electron chi connectivity index (χ0n) is 14.4. The fourth-order valence-electron chi connectivity index (χ4n) is 2.02. The van der Waals surface area contributed by atoms with Crippen LogP contribution in [0.4, 0.5) is 5.13 Å². The zero-order valence-corrected chi connectivity index (χ0v) is 16.1. The lowest BCUT2D eigenvalue weighted by atomic mass is 10.2. The van der Waals surface area contributed by atoms with Crippen molar-refractivity contribution in [3.05, 3.63) is 34.8 Å². The number of amides is 1. The molecule has 0 saturated heterocycles. The summed E-state index contributed by atoms with van der Waals surface area (Å²) < 4.78 is 6.15. The van der Waals surface area contributed by atoms with Crippen molar-refractivity contribution in [1.29, 1.82) is 0 Å². The molecule has 27 heavy (non-hydrogen) atoms. The molecule has 0 aliphatic rings. The Balaban J connectivity index is 1.63. The zero-order chi connectivity index (χ0) is 19.2. The van der Waals surface area contributed by atoms with Crippen LogP contribution < -0.4 is 5.32 Å². The van der Waals surface area contributed by atoms with Crippen molar-refractivity contribution in [3.8, 4) is 5.69 Å². The first-order chi connectivity index (χ1) is 13.1. The molecule has 0 radical (unpaired) electrons. The van der Waals surface area contributed by atoms with Crippen LogP contribution in [0, 0.1) is 0 Å². The Hall–Kier alpha value is -2.86. The van der Waals surface area contributed by atoms with Gasteiger partial charge in [0.2, 0.25) is 16.2 Å². The highest BCUT2D eigenvalue weighted by molar-refractivity contribution is 7.99. The van der Waals surface area contributed by atoms with Gasteiger partial charge in [-0.25, -0.2) is 4.79 Å². The third-order valence-electron chi connectivity index (χ3n) is 3.32. The normalized spacial score (nSPS) is 10.6. The Morgan fingerprint density at radius 2 is 2.00 bits per heavy atom. The first kappa shape index (κ1) is 18.9. The molecule has 10 nitrogen and oxygen atoms in total. The fraction of sp³-hybridized carbons (Fsp3) is 0.267. The Morgan fingerprint density at radius 3 is 2.67 bits per heavy atom. The summed E-state index contributed by atoms with van der Waals surface area (Å²) in [6, 6.07) is 6.62. The highest BCUT2D eigenvalue weighted by Gasteiger charge is 2.14. The first-order valence-corrected chi connectivity index (χ1v) is 9.63. The number of ether oxygens (including phenoxy) is 1. The number of aryl methyl sites for hydroxylation is 1. The van der Waals surface area contributed by atoms with E-state index in [-0.39, 0.29) is 11.7 Å². The van der Waals surface area contributed by atoms with Gasteiger partial charge in [0.15, 0.2) is 0 Å². The smallest absolute Gasteiger partial charge is 0.337 e. The Kier molecular flexibility index (Phi) is 6.08. The third kappa shape index (κ3) is 4.65. The molecule has 0 fully saturated rings. The van der Waals surface area contributed by atoms with Crippen LogP contribution in [0.2, 0.25) is 0 Å². The van der Waals surface area contributed by atoms with E-state index in [9.17, 15) is 9.59 Å². The number of thioether (sulfide) groups is 1. The number of tetrazole rings is 1. The number of hydrogen-bond acceptors (Lipinski definition) is 10. The van der Waals surface area contributed by atoms with E-state index >= 15 is 0 Å². The van der Waals surface area contributed by atoms with E-state index in [1.54, 1.807) is 24.3 Å². The molecule has 0 aliphatic heterocycles. The molecule has 0 bridgehead atoms. The molecular formula is C15H15N7O3S2. The van der Waals surface area contributed by atoms with Crippen LogP contribution in [-0.2, 0) is 16.0 Å². The van der Waals surface area contributed by atoms with Gasteiger partial charge in [0, 0.05) is 0 Å². The molecule has 1 N–H and O–H groups in total. The fourth-order valence-corrected chi connectivity index (χ4v) is 3.41. The number of rotatable bonds is 7. The van der Waals surface area contributed by atoms with Gasteiger partial charge in [0.05, 0.1) is 24.1 Å². The van der Waals surface area contributed by atoms with Crippen LogP contribution in [0.5, 0.6) is 0 Å². The number of carbonyl (C=O) groups excluding carboxylic acids is 2. The molecule has 2 aromatic heterocycles. The number of hydrogen-bond donors (Lipinski definition) is 1. The van der Waals surface area contributed by atoms with E-state index < -0.39 is 5.97 Å². The van der Waals surface area contributed by atoms with Crippen molar-refractivity contribution >= 4 is 40.1 Å². The maximum absolute atomic E-state index is 12.1. The number of aromatic nitrogens is 6. The number of nitrogens with zero attached hydrogens (tertiary/aromatic N) is 6. The van der Waals surface area contributed by atoms with Gasteiger partial charge in [-0.3, -0.25) is 10.1 Å². The Bertz CT molecular complexity index is 939. The van der Waals surface area contributed by atoms with Crippen LogP contribution in [0.25, 0.3) is 5.69 Å². The maximum Gasteiger partial charge on any atom is 0.337 e. The summed E-state index contributed by atoms with van der Waals surface area (Å²) in [5.74, 6) is -0.538. The molecule has 3 aromatic rings. The van der Waals surface area contributed by atoms with E-state index in [4.69, 9.17) is 0 Å². The van der Waals surface area contributed by atoms with E-state index in [0.29, 0.717) is 21.5 Å². The lowest BCUT2D eigenvalue weighted by molar-refractivity contribution is -0.113. The van der Waals surface area contributed by atoms with Gasteiger partial charge < -0.3 is 4.74 Å². The van der Waals surface area contributed by atoms with Crippen molar-refractivity contribution in [1.82, 2.24) is 30.4 Å². The summed E-state index contributed by atoms with van der Waals surface area (Å²) in [5.41, 5.74) is 1.08. The van der Waals surface area contributed by atoms with Gasteiger partial charge in [0.1, 0.15) is 5.01 Å². The predicted octanol–water partition coefficient (Wildman–Crippen LogP) is 1.59. The molecule has 2 heterocycles. The van der Waals surface area contributed by atoms with Crippen molar-refractivity contribution in [3.63, 3.8) is 0 Å². The van der Waals surface area contributed by atoms with Crippen LogP contribution in [0.15, 0.2) is 29.4 Å². The summed E-state index contributed by atoms with van der Waals surface area (Å²) in [6.45, 7) is 1.97. The van der Waals surface area contributed by atoms with Crippen LogP contribution in [0.3, 0.4) is 0 Å². The molecule has 3 rings (SSSR count). The molecular weight excluding hydrogens is 390 g/mol. The van der Waals surface area contributed by atoms with Crippen molar-refractivity contribution in [2.75, 3.05) is 18.2 Å². The van der Waals surface area contributed by atoms with Crippen LogP contribution in [-0.4, -0.2) is 55.1 Å². The predicted molar refractivity (Wildman–Crippen MR) is 99.1 cm³/mol. The lowest BCUT2D eigenvalue weighted by Crippen LogP contribution is -2.14. The third-order valence-corrected chi connectivity index (χ3v) is 5.22. The van der Waals surface area contributed by atoms with E-state index in [2.05, 4.69) is 35.8 Å². The average molecular weight is 405 g/mol. The number of carbonyl (C=O) groups is 2. The highest BCUT2D eigenvalue weighted by Crippen LogP contribution is 2.20. The largest absolute Gasteiger partial charge is 0.465 e. The molecule has 12 heteroatoms. The van der Waals surface area contributed by atoms with E-state index in [0.717, 1.165) is 11.4 Å². The lowest BCUT2D eigenvalue weighted by Gasteiger charge is -2.05. The van der Waals surface area contributed by atoms with Gasteiger partial charge in [0.25, 0.3) is 0 Å². The monoisotopic (exact) mass is 405 g/mol. The number of methoxy groups -OCH3 is 1. The highest BCUT2D eigenvalue weighted by atomic mass is 32.2. The second-order valence-electron chi connectivity index (χ2n) is 5.10. The summed E-state index contributed by atoms with van der Waals surface area (Å²) in [5, 5.41) is 23.8. The maximum atomic E-state index is 12.1. The standard InChI is InChI=1S/C15H15N7O3S2/c1-3-12-17-18-14(27-12)16-11(23)8-26-15-19-20-21-22(15)10-6-4-9(5-7-10)13(24)25-2/h4-7H,3,8H2,1-2H3,(H,16,18,23). The average Bonchev–Trinajstić information content (AvgIpc) is 3.35. The number of esters is 1. The van der Waals surface area contributed by atoms with Gasteiger partial charge in [-0.15, -0.1) is 15.3 Å². The first-order valence-electron chi connectivity index (χ1n) is 7.83.